The highest BCUT2D eigenvalue weighted by atomic mass is 19.1. The Balaban J connectivity index is 1.96. The van der Waals surface area contributed by atoms with E-state index in [1.807, 2.05) is 6.07 Å². The third-order valence-corrected chi connectivity index (χ3v) is 3.18. The highest BCUT2D eigenvalue weighted by molar-refractivity contribution is 5.64. The van der Waals surface area contributed by atoms with Crippen molar-refractivity contribution in [3.8, 4) is 11.5 Å². The zero-order valence-corrected chi connectivity index (χ0v) is 11.8. The molecule has 1 aromatic heterocycles. The summed E-state index contributed by atoms with van der Waals surface area (Å²) in [6, 6.07) is 5.43. The lowest BCUT2D eigenvalue weighted by Crippen LogP contribution is -2.17. The maximum Gasteiger partial charge on any atom is 0.224 e. The molecule has 0 unspecified atom stereocenters. The molecular weight excluding hydrogens is 275 g/mol. The van der Waals surface area contributed by atoms with Crippen molar-refractivity contribution in [1.82, 2.24) is 9.97 Å². The van der Waals surface area contributed by atoms with Crippen molar-refractivity contribution < 1.29 is 13.9 Å². The molecule has 21 heavy (non-hydrogen) atoms. The fourth-order valence-electron chi connectivity index (χ4n) is 2.08. The second-order valence-corrected chi connectivity index (χ2v) is 4.50. The van der Waals surface area contributed by atoms with Gasteiger partial charge in [0.15, 0.2) is 23.1 Å². The monoisotopic (exact) mass is 290 g/mol. The van der Waals surface area contributed by atoms with E-state index in [9.17, 15) is 4.39 Å². The number of fused-ring (bicyclic) bond motifs is 1. The summed E-state index contributed by atoms with van der Waals surface area (Å²) >= 11 is 0. The Bertz CT molecular complexity index is 665. The summed E-state index contributed by atoms with van der Waals surface area (Å²) in [4.78, 5) is 9.61. The number of hydrogen-bond donors (Lipinski definition) is 1. The van der Waals surface area contributed by atoms with Gasteiger partial charge in [-0.2, -0.15) is 4.98 Å². The first-order chi connectivity index (χ1) is 10.2. The third kappa shape index (κ3) is 2.54. The smallest absolute Gasteiger partial charge is 0.224 e. The van der Waals surface area contributed by atoms with E-state index in [2.05, 4.69) is 15.3 Å². The van der Waals surface area contributed by atoms with Gasteiger partial charge in [0.2, 0.25) is 5.95 Å². The molecule has 1 aliphatic heterocycles. The normalized spacial score (nSPS) is 12.9. The number of ether oxygens (including phenoxy) is 2. The van der Waals surface area contributed by atoms with E-state index >= 15 is 0 Å². The molecule has 0 spiro atoms. The standard InChI is InChI=1S/C14H15FN4O2/c1-16-14-17-8-10(15)13(18-14)19(2)9-3-4-11-12(7-9)21-6-5-20-11/h3-4,7-8H,5-6H2,1-2H3,(H,16,17,18). The number of rotatable bonds is 3. The Morgan fingerprint density at radius 1 is 1.24 bits per heavy atom. The van der Waals surface area contributed by atoms with Gasteiger partial charge >= 0.3 is 0 Å². The van der Waals surface area contributed by atoms with Crippen LogP contribution in [-0.4, -0.2) is 37.3 Å². The lowest BCUT2D eigenvalue weighted by molar-refractivity contribution is 0.171. The lowest BCUT2D eigenvalue weighted by atomic mass is 10.2. The van der Waals surface area contributed by atoms with Gasteiger partial charge in [-0.25, -0.2) is 9.37 Å². The molecule has 7 heteroatoms. The zero-order chi connectivity index (χ0) is 14.8. The minimum Gasteiger partial charge on any atom is -0.486 e. The maximum atomic E-state index is 13.9. The van der Waals surface area contributed by atoms with Crippen LogP contribution in [0.1, 0.15) is 0 Å². The van der Waals surface area contributed by atoms with Crippen molar-refractivity contribution in [2.75, 3.05) is 37.5 Å². The van der Waals surface area contributed by atoms with Crippen LogP contribution < -0.4 is 19.7 Å². The van der Waals surface area contributed by atoms with Gasteiger partial charge in [0, 0.05) is 25.8 Å². The summed E-state index contributed by atoms with van der Waals surface area (Å²) in [7, 11) is 3.41. The third-order valence-electron chi connectivity index (χ3n) is 3.18. The molecule has 1 aliphatic rings. The van der Waals surface area contributed by atoms with E-state index in [0.29, 0.717) is 30.7 Å². The van der Waals surface area contributed by atoms with Crippen molar-refractivity contribution in [1.29, 1.82) is 0 Å². The Hall–Kier alpha value is -2.57. The average molecular weight is 290 g/mol. The molecule has 0 fully saturated rings. The predicted octanol–water partition coefficient (Wildman–Crippen LogP) is 2.20. The summed E-state index contributed by atoms with van der Waals surface area (Å²) in [5.41, 5.74) is 0.749. The quantitative estimate of drug-likeness (QED) is 0.935. The topological polar surface area (TPSA) is 59.5 Å². The van der Waals surface area contributed by atoms with Gasteiger partial charge < -0.3 is 19.7 Å². The molecule has 0 radical (unpaired) electrons. The number of halogens is 1. The predicted molar refractivity (Wildman–Crippen MR) is 77.0 cm³/mol. The van der Waals surface area contributed by atoms with Gasteiger partial charge in [0.25, 0.3) is 0 Å². The number of aromatic nitrogens is 2. The van der Waals surface area contributed by atoms with Gasteiger partial charge in [0.1, 0.15) is 13.2 Å². The highest BCUT2D eigenvalue weighted by Gasteiger charge is 2.17. The summed E-state index contributed by atoms with van der Waals surface area (Å²) < 4.78 is 24.9. The van der Waals surface area contributed by atoms with Crippen molar-refractivity contribution in [2.24, 2.45) is 0 Å². The molecule has 0 aliphatic carbocycles. The molecule has 6 nitrogen and oxygen atoms in total. The largest absolute Gasteiger partial charge is 0.486 e. The SMILES string of the molecule is CNc1ncc(F)c(N(C)c2ccc3c(c2)OCCO3)n1. The fraction of sp³-hybridized carbons (Fsp3) is 0.286. The minimum absolute atomic E-state index is 0.186. The van der Waals surface area contributed by atoms with Crippen LogP contribution in [0.2, 0.25) is 0 Å². The summed E-state index contributed by atoms with van der Waals surface area (Å²) in [5, 5.41) is 2.79. The first-order valence-corrected chi connectivity index (χ1v) is 6.52. The van der Waals surface area contributed by atoms with Crippen molar-refractivity contribution in [3.05, 3.63) is 30.2 Å². The van der Waals surface area contributed by atoms with E-state index in [1.54, 1.807) is 31.1 Å². The van der Waals surface area contributed by atoms with Crippen molar-refractivity contribution >= 4 is 17.5 Å². The van der Waals surface area contributed by atoms with Gasteiger partial charge in [0.05, 0.1) is 6.20 Å². The van der Waals surface area contributed by atoms with Gasteiger partial charge in [-0.3, -0.25) is 0 Å². The molecule has 2 heterocycles. The average Bonchev–Trinajstić information content (AvgIpc) is 2.54. The minimum atomic E-state index is -0.494. The lowest BCUT2D eigenvalue weighted by Gasteiger charge is -2.23. The second kappa shape index (κ2) is 5.43. The van der Waals surface area contributed by atoms with E-state index in [-0.39, 0.29) is 5.82 Å². The van der Waals surface area contributed by atoms with Crippen LogP contribution in [0.4, 0.5) is 21.8 Å². The summed E-state index contributed by atoms with van der Waals surface area (Å²) in [6.45, 7) is 1.04. The molecule has 0 saturated carbocycles. The molecule has 1 N–H and O–H groups in total. The highest BCUT2D eigenvalue weighted by Crippen LogP contribution is 2.35. The number of anilines is 3. The molecule has 0 atom stereocenters. The molecule has 1 aromatic carbocycles. The molecule has 110 valence electrons. The van der Waals surface area contributed by atoms with Crippen LogP contribution in [0, 0.1) is 5.82 Å². The summed E-state index contributed by atoms with van der Waals surface area (Å²) in [6.07, 6.45) is 1.14. The van der Waals surface area contributed by atoms with E-state index in [1.165, 1.54) is 0 Å². The maximum absolute atomic E-state index is 13.9. The number of benzene rings is 1. The van der Waals surface area contributed by atoms with Crippen LogP contribution in [0.5, 0.6) is 11.5 Å². The molecular formula is C14H15FN4O2. The van der Waals surface area contributed by atoms with Crippen molar-refractivity contribution in [2.45, 2.75) is 0 Å². The van der Waals surface area contributed by atoms with Gasteiger partial charge in [-0.15, -0.1) is 0 Å². The van der Waals surface area contributed by atoms with E-state index < -0.39 is 5.82 Å². The first-order valence-electron chi connectivity index (χ1n) is 6.52. The molecule has 0 saturated heterocycles. The van der Waals surface area contributed by atoms with Gasteiger partial charge in [-0.05, 0) is 12.1 Å². The van der Waals surface area contributed by atoms with Crippen LogP contribution in [0.3, 0.4) is 0 Å². The van der Waals surface area contributed by atoms with Crippen LogP contribution in [0.15, 0.2) is 24.4 Å². The van der Waals surface area contributed by atoms with E-state index in [0.717, 1.165) is 11.9 Å². The number of hydrogen-bond acceptors (Lipinski definition) is 6. The first kappa shape index (κ1) is 13.4. The molecule has 0 bridgehead atoms. The molecule has 3 rings (SSSR count). The number of nitrogens with zero attached hydrogens (tertiary/aromatic N) is 3. The Labute approximate surface area is 121 Å². The van der Waals surface area contributed by atoms with Gasteiger partial charge in [-0.1, -0.05) is 0 Å². The zero-order valence-electron chi connectivity index (χ0n) is 11.8. The van der Waals surface area contributed by atoms with E-state index in [4.69, 9.17) is 9.47 Å². The van der Waals surface area contributed by atoms with Crippen LogP contribution in [-0.2, 0) is 0 Å². The number of nitrogens with one attached hydrogen (secondary N) is 1. The Morgan fingerprint density at radius 2 is 2.00 bits per heavy atom. The Morgan fingerprint density at radius 3 is 2.76 bits per heavy atom. The van der Waals surface area contributed by atoms with Crippen molar-refractivity contribution in [3.63, 3.8) is 0 Å². The second-order valence-electron chi connectivity index (χ2n) is 4.50. The molecule has 2 aromatic rings. The molecule has 0 amide bonds. The fourth-order valence-corrected chi connectivity index (χ4v) is 2.08. The van der Waals surface area contributed by atoms with Crippen LogP contribution in [0.25, 0.3) is 0 Å². The summed E-state index contributed by atoms with van der Waals surface area (Å²) in [5.74, 6) is 1.39. The van der Waals surface area contributed by atoms with Crippen LogP contribution >= 0.6 is 0 Å². The Kier molecular flexibility index (Phi) is 3.47.